The average Bonchev–Trinajstić information content (AvgIpc) is 3.21. The van der Waals surface area contributed by atoms with Gasteiger partial charge in [-0.1, -0.05) is 41.9 Å². The van der Waals surface area contributed by atoms with Crippen molar-refractivity contribution >= 4 is 21.9 Å². The monoisotopic (exact) mass is 440 g/mol. The van der Waals surface area contributed by atoms with Gasteiger partial charge in [0.15, 0.2) is 0 Å². The molecule has 1 fully saturated rings. The molecule has 1 aromatic heterocycles. The molecule has 1 aliphatic heterocycles. The Hall–Kier alpha value is -3.04. The van der Waals surface area contributed by atoms with Gasteiger partial charge in [0.25, 0.3) is 5.91 Å². The fourth-order valence-electron chi connectivity index (χ4n) is 3.66. The van der Waals surface area contributed by atoms with Crippen molar-refractivity contribution in [3.05, 3.63) is 71.6 Å². The van der Waals surface area contributed by atoms with Crippen molar-refractivity contribution in [3.63, 3.8) is 0 Å². The normalized spacial score (nSPS) is 17.4. The molecule has 8 nitrogen and oxygen atoms in total. The summed E-state index contributed by atoms with van der Waals surface area (Å²) in [4.78, 5) is 12.7. The van der Waals surface area contributed by atoms with Crippen molar-refractivity contribution in [2.75, 3.05) is 11.9 Å². The van der Waals surface area contributed by atoms with Gasteiger partial charge in [-0.05, 0) is 49.6 Å². The molecule has 0 saturated carbocycles. The lowest BCUT2D eigenvalue weighted by Gasteiger charge is -2.32. The molecule has 1 saturated heterocycles. The molecule has 1 atom stereocenters. The predicted octanol–water partition coefficient (Wildman–Crippen LogP) is 3.48. The first-order valence-corrected chi connectivity index (χ1v) is 11.7. The number of piperidine rings is 1. The van der Waals surface area contributed by atoms with E-state index in [0.717, 1.165) is 24.8 Å². The first kappa shape index (κ1) is 21.2. The van der Waals surface area contributed by atoms with Gasteiger partial charge in [0.2, 0.25) is 15.9 Å². The van der Waals surface area contributed by atoms with E-state index >= 15 is 0 Å². The van der Waals surface area contributed by atoms with E-state index in [0.29, 0.717) is 24.4 Å². The topological polar surface area (TPSA) is 105 Å². The summed E-state index contributed by atoms with van der Waals surface area (Å²) in [7, 11) is -3.58. The Labute approximate surface area is 181 Å². The zero-order valence-corrected chi connectivity index (χ0v) is 18.0. The fraction of sp³-hybridized carbons (Fsp3) is 0.318. The van der Waals surface area contributed by atoms with Crippen molar-refractivity contribution in [1.29, 1.82) is 0 Å². The van der Waals surface area contributed by atoms with Crippen LogP contribution in [-0.4, -0.2) is 41.4 Å². The molecule has 162 valence electrons. The minimum Gasteiger partial charge on any atom is -0.407 e. The molecule has 1 unspecified atom stereocenters. The van der Waals surface area contributed by atoms with Crippen molar-refractivity contribution < 1.29 is 17.6 Å². The summed E-state index contributed by atoms with van der Waals surface area (Å²) in [5, 5.41) is 10.4. The number of amides is 1. The summed E-state index contributed by atoms with van der Waals surface area (Å²) < 4.78 is 32.9. The van der Waals surface area contributed by atoms with E-state index < -0.39 is 15.9 Å². The van der Waals surface area contributed by atoms with Crippen molar-refractivity contribution in [3.8, 4) is 0 Å². The van der Waals surface area contributed by atoms with E-state index in [4.69, 9.17) is 4.42 Å². The van der Waals surface area contributed by atoms with Crippen LogP contribution in [0.4, 0.5) is 6.01 Å². The zero-order chi connectivity index (χ0) is 21.8. The molecule has 0 bridgehead atoms. The Bertz CT molecular complexity index is 1140. The smallest absolute Gasteiger partial charge is 0.322 e. The van der Waals surface area contributed by atoms with E-state index in [9.17, 15) is 13.2 Å². The molecule has 4 rings (SSSR count). The van der Waals surface area contributed by atoms with Crippen LogP contribution in [0, 0.1) is 0 Å². The third kappa shape index (κ3) is 4.83. The van der Waals surface area contributed by atoms with Crippen LogP contribution in [0.2, 0.25) is 0 Å². The Balaban J connectivity index is 1.42. The standard InChI is InChI=1S/C22H24N4O4S/c1-16-7-5-6-14-26(16)31(28,29)19-12-10-18(11-13-19)21(27)23-22-25-24-20(30-22)15-17-8-3-2-4-9-17/h2-4,8-13,16H,5-7,14-15H2,1H3,(H,23,25,27). The number of carbonyl (C=O) groups is 1. The summed E-state index contributed by atoms with van der Waals surface area (Å²) in [6, 6.07) is 15.5. The van der Waals surface area contributed by atoms with Gasteiger partial charge in [-0.15, -0.1) is 5.10 Å². The van der Waals surface area contributed by atoms with Gasteiger partial charge >= 0.3 is 6.01 Å². The van der Waals surface area contributed by atoms with Gasteiger partial charge in [-0.3, -0.25) is 10.1 Å². The second-order valence-corrected chi connectivity index (χ2v) is 9.49. The highest BCUT2D eigenvalue weighted by Crippen LogP contribution is 2.25. The SMILES string of the molecule is CC1CCCCN1S(=O)(=O)c1ccc(C(=O)Nc2nnc(Cc3ccccc3)o2)cc1. The highest BCUT2D eigenvalue weighted by molar-refractivity contribution is 7.89. The number of sulfonamides is 1. The number of rotatable bonds is 6. The third-order valence-corrected chi connectivity index (χ3v) is 7.38. The molecule has 0 spiro atoms. The van der Waals surface area contributed by atoms with Crippen LogP contribution < -0.4 is 5.32 Å². The number of carbonyl (C=O) groups excluding carboxylic acids is 1. The number of aromatic nitrogens is 2. The van der Waals surface area contributed by atoms with E-state index in [1.165, 1.54) is 28.6 Å². The van der Waals surface area contributed by atoms with Gasteiger partial charge in [0, 0.05) is 18.2 Å². The Morgan fingerprint density at radius 3 is 2.55 bits per heavy atom. The van der Waals surface area contributed by atoms with E-state index in [1.54, 1.807) is 0 Å². The van der Waals surface area contributed by atoms with Crippen molar-refractivity contribution in [1.82, 2.24) is 14.5 Å². The Morgan fingerprint density at radius 1 is 1.10 bits per heavy atom. The molecule has 31 heavy (non-hydrogen) atoms. The summed E-state index contributed by atoms with van der Waals surface area (Å²) in [6.07, 6.45) is 3.22. The molecule has 2 heterocycles. The third-order valence-electron chi connectivity index (χ3n) is 5.35. The van der Waals surface area contributed by atoms with Crippen LogP contribution in [0.15, 0.2) is 63.9 Å². The molecular formula is C22H24N4O4S. The molecule has 3 aromatic rings. The number of nitrogens with one attached hydrogen (secondary N) is 1. The molecular weight excluding hydrogens is 416 g/mol. The second kappa shape index (κ2) is 8.99. The average molecular weight is 441 g/mol. The number of benzene rings is 2. The molecule has 9 heteroatoms. The summed E-state index contributed by atoms with van der Waals surface area (Å²) in [6.45, 7) is 2.45. The number of nitrogens with zero attached hydrogens (tertiary/aromatic N) is 3. The van der Waals surface area contributed by atoms with E-state index in [2.05, 4.69) is 15.5 Å². The van der Waals surface area contributed by atoms with Gasteiger partial charge in [0.05, 0.1) is 11.3 Å². The van der Waals surface area contributed by atoms with Crippen LogP contribution in [0.5, 0.6) is 0 Å². The molecule has 0 radical (unpaired) electrons. The van der Waals surface area contributed by atoms with Gasteiger partial charge < -0.3 is 4.42 Å². The van der Waals surface area contributed by atoms with Gasteiger partial charge in [0.1, 0.15) is 0 Å². The first-order chi connectivity index (χ1) is 14.9. The quantitative estimate of drug-likeness (QED) is 0.629. The van der Waals surface area contributed by atoms with Crippen molar-refractivity contribution in [2.45, 2.75) is 43.5 Å². The maximum absolute atomic E-state index is 12.9. The lowest BCUT2D eigenvalue weighted by atomic mass is 10.1. The lowest BCUT2D eigenvalue weighted by molar-refractivity contribution is 0.102. The Kier molecular flexibility index (Phi) is 6.15. The van der Waals surface area contributed by atoms with E-state index in [-0.39, 0.29) is 17.0 Å². The minimum absolute atomic E-state index is 0.00484. The van der Waals surface area contributed by atoms with Crippen LogP contribution >= 0.6 is 0 Å². The zero-order valence-electron chi connectivity index (χ0n) is 17.2. The summed E-state index contributed by atoms with van der Waals surface area (Å²) in [5.74, 6) is -0.0659. The van der Waals surface area contributed by atoms with E-state index in [1.807, 2.05) is 37.3 Å². The van der Waals surface area contributed by atoms with Gasteiger partial charge in [-0.25, -0.2) is 8.42 Å². The maximum Gasteiger partial charge on any atom is 0.322 e. The van der Waals surface area contributed by atoms with Crippen LogP contribution in [0.1, 0.15) is 48.0 Å². The molecule has 0 aliphatic carbocycles. The maximum atomic E-state index is 12.9. The van der Waals surface area contributed by atoms with Crippen LogP contribution in [0.25, 0.3) is 0 Å². The predicted molar refractivity (Wildman–Crippen MR) is 115 cm³/mol. The first-order valence-electron chi connectivity index (χ1n) is 10.2. The highest BCUT2D eigenvalue weighted by atomic mass is 32.2. The van der Waals surface area contributed by atoms with Crippen LogP contribution in [-0.2, 0) is 16.4 Å². The number of hydrogen-bond acceptors (Lipinski definition) is 6. The Morgan fingerprint density at radius 2 is 1.84 bits per heavy atom. The second-order valence-electron chi connectivity index (χ2n) is 7.60. The summed E-state index contributed by atoms with van der Waals surface area (Å²) >= 11 is 0. The largest absolute Gasteiger partial charge is 0.407 e. The minimum atomic E-state index is -3.58. The molecule has 1 N–H and O–H groups in total. The van der Waals surface area contributed by atoms with Crippen LogP contribution in [0.3, 0.4) is 0 Å². The van der Waals surface area contributed by atoms with Gasteiger partial charge in [-0.2, -0.15) is 4.31 Å². The highest BCUT2D eigenvalue weighted by Gasteiger charge is 2.31. The molecule has 1 aliphatic rings. The molecule has 1 amide bonds. The fourth-order valence-corrected chi connectivity index (χ4v) is 5.36. The number of hydrogen-bond donors (Lipinski definition) is 1. The van der Waals surface area contributed by atoms with Crippen molar-refractivity contribution in [2.24, 2.45) is 0 Å². The summed E-state index contributed by atoms with van der Waals surface area (Å²) in [5.41, 5.74) is 1.32. The molecule has 2 aromatic carbocycles. The number of anilines is 1. The lowest BCUT2D eigenvalue weighted by Crippen LogP contribution is -2.41.